The third-order valence-electron chi connectivity index (χ3n) is 4.25. The Morgan fingerprint density at radius 2 is 2.07 bits per heavy atom. The summed E-state index contributed by atoms with van der Waals surface area (Å²) in [5.41, 5.74) is 0.798. The summed E-state index contributed by atoms with van der Waals surface area (Å²) in [6.07, 6.45) is 5.02. The van der Waals surface area contributed by atoms with E-state index in [1.165, 1.54) is 6.26 Å². The molecular formula is C20H22N4O4. The van der Waals surface area contributed by atoms with Gasteiger partial charge < -0.3 is 24.4 Å². The van der Waals surface area contributed by atoms with Crippen LogP contribution in [0.5, 0.6) is 5.75 Å². The van der Waals surface area contributed by atoms with E-state index in [0.717, 1.165) is 5.56 Å². The molecule has 0 aliphatic rings. The zero-order chi connectivity index (χ0) is 19.9. The van der Waals surface area contributed by atoms with Crippen molar-refractivity contribution in [1.82, 2.24) is 20.2 Å². The Morgan fingerprint density at radius 3 is 2.75 bits per heavy atom. The first-order chi connectivity index (χ1) is 13.6. The van der Waals surface area contributed by atoms with Crippen LogP contribution in [0.2, 0.25) is 0 Å². The van der Waals surface area contributed by atoms with E-state index in [-0.39, 0.29) is 30.5 Å². The smallest absolute Gasteiger partial charge is 0.286 e. The number of amides is 2. The van der Waals surface area contributed by atoms with E-state index in [1.54, 1.807) is 25.4 Å². The molecule has 2 N–H and O–H groups in total. The molecule has 2 heterocycles. The van der Waals surface area contributed by atoms with Gasteiger partial charge >= 0.3 is 0 Å². The lowest BCUT2D eigenvalue weighted by atomic mass is 10.0. The molecule has 0 bridgehead atoms. The van der Waals surface area contributed by atoms with Crippen molar-refractivity contribution in [3.63, 3.8) is 0 Å². The van der Waals surface area contributed by atoms with Crippen LogP contribution in [0.1, 0.15) is 34.4 Å². The predicted octanol–water partition coefficient (Wildman–Crippen LogP) is 2.05. The van der Waals surface area contributed by atoms with Gasteiger partial charge in [0.25, 0.3) is 5.91 Å². The molecule has 0 spiro atoms. The van der Waals surface area contributed by atoms with Crippen LogP contribution in [-0.4, -0.2) is 35.0 Å². The van der Waals surface area contributed by atoms with E-state index in [1.807, 2.05) is 42.1 Å². The van der Waals surface area contributed by atoms with Crippen molar-refractivity contribution < 1.29 is 18.7 Å². The lowest BCUT2D eigenvalue weighted by Crippen LogP contribution is -2.34. The van der Waals surface area contributed by atoms with Crippen LogP contribution >= 0.6 is 0 Å². The van der Waals surface area contributed by atoms with Crippen LogP contribution in [0.15, 0.2) is 59.5 Å². The second kappa shape index (κ2) is 8.90. The van der Waals surface area contributed by atoms with Gasteiger partial charge in [-0.05, 0) is 18.2 Å². The number of hydrogen-bond donors (Lipinski definition) is 2. The van der Waals surface area contributed by atoms with Gasteiger partial charge in [0, 0.05) is 38.0 Å². The molecule has 28 heavy (non-hydrogen) atoms. The molecule has 0 fully saturated rings. The van der Waals surface area contributed by atoms with Gasteiger partial charge in [0.1, 0.15) is 17.6 Å². The summed E-state index contributed by atoms with van der Waals surface area (Å²) in [6.45, 7) is 0.185. The molecule has 3 rings (SSSR count). The molecule has 2 aromatic heterocycles. The maximum Gasteiger partial charge on any atom is 0.286 e. The number of benzene rings is 1. The summed E-state index contributed by atoms with van der Waals surface area (Å²) in [5.74, 6) is 0.960. The Bertz CT molecular complexity index is 933. The highest BCUT2D eigenvalue weighted by molar-refractivity contribution is 5.91. The number of ether oxygens (including phenoxy) is 1. The second-order valence-electron chi connectivity index (χ2n) is 6.12. The highest BCUT2D eigenvalue weighted by Gasteiger charge is 2.23. The Hall–Kier alpha value is -3.55. The maximum absolute atomic E-state index is 12.5. The van der Waals surface area contributed by atoms with Crippen molar-refractivity contribution in [1.29, 1.82) is 0 Å². The van der Waals surface area contributed by atoms with Crippen LogP contribution in [0.25, 0.3) is 0 Å². The van der Waals surface area contributed by atoms with Crippen molar-refractivity contribution in [2.45, 2.75) is 12.5 Å². The minimum Gasteiger partial charge on any atom is -0.496 e. The van der Waals surface area contributed by atoms with Gasteiger partial charge in [0.2, 0.25) is 5.91 Å². The lowest BCUT2D eigenvalue weighted by Gasteiger charge is -2.21. The second-order valence-corrected chi connectivity index (χ2v) is 6.12. The number of nitrogens with one attached hydrogen (secondary N) is 2. The van der Waals surface area contributed by atoms with Crippen molar-refractivity contribution in [2.24, 2.45) is 7.05 Å². The number of hydrogen-bond acceptors (Lipinski definition) is 5. The van der Waals surface area contributed by atoms with E-state index in [2.05, 4.69) is 15.6 Å². The van der Waals surface area contributed by atoms with Gasteiger partial charge in [0.05, 0.1) is 13.4 Å². The first-order valence-corrected chi connectivity index (χ1v) is 8.81. The molecule has 146 valence electrons. The Kier molecular flexibility index (Phi) is 6.11. The van der Waals surface area contributed by atoms with E-state index < -0.39 is 6.04 Å². The Balaban J connectivity index is 1.68. The molecule has 0 saturated heterocycles. The Morgan fingerprint density at radius 1 is 1.25 bits per heavy atom. The molecule has 1 atom stereocenters. The molecular weight excluding hydrogens is 360 g/mol. The molecule has 8 heteroatoms. The van der Waals surface area contributed by atoms with Crippen LogP contribution in [0.3, 0.4) is 0 Å². The van der Waals surface area contributed by atoms with E-state index in [0.29, 0.717) is 11.6 Å². The number of methoxy groups -OCH3 is 1. The summed E-state index contributed by atoms with van der Waals surface area (Å²) >= 11 is 0. The standard InChI is InChI=1S/C20H22N4O4/c1-24-12-11-21-19(24)18(14-6-3-4-7-15(14)27-2)23-17(25)9-10-22-20(26)16-8-5-13-28-16/h3-8,11-13,18H,9-10H2,1-2H3,(H,22,26)(H,23,25). The fourth-order valence-corrected chi connectivity index (χ4v) is 2.86. The molecule has 0 aliphatic carbocycles. The third kappa shape index (κ3) is 4.40. The van der Waals surface area contributed by atoms with Crippen molar-refractivity contribution in [3.8, 4) is 5.75 Å². The number of furan rings is 1. The third-order valence-corrected chi connectivity index (χ3v) is 4.25. The SMILES string of the molecule is COc1ccccc1C(NC(=O)CCNC(=O)c1ccco1)c1nccn1C. The number of carbonyl (C=O) groups excluding carboxylic acids is 2. The fraction of sp³-hybridized carbons (Fsp3) is 0.250. The Labute approximate surface area is 162 Å². The number of para-hydroxylation sites is 1. The number of rotatable bonds is 8. The van der Waals surface area contributed by atoms with Gasteiger partial charge in [0.15, 0.2) is 5.76 Å². The molecule has 0 saturated carbocycles. The number of nitrogens with zero attached hydrogens (tertiary/aromatic N) is 2. The first kappa shape index (κ1) is 19.2. The van der Waals surface area contributed by atoms with Crippen LogP contribution < -0.4 is 15.4 Å². The minimum absolute atomic E-state index is 0.114. The van der Waals surface area contributed by atoms with Crippen LogP contribution in [0, 0.1) is 0 Å². The van der Waals surface area contributed by atoms with E-state index >= 15 is 0 Å². The minimum atomic E-state index is -0.482. The topological polar surface area (TPSA) is 98.4 Å². The molecule has 1 aromatic carbocycles. The normalized spacial score (nSPS) is 11.6. The number of carbonyl (C=O) groups is 2. The molecule has 0 radical (unpaired) electrons. The number of aromatic nitrogens is 2. The predicted molar refractivity (Wildman–Crippen MR) is 102 cm³/mol. The quantitative estimate of drug-likeness (QED) is 0.621. The monoisotopic (exact) mass is 382 g/mol. The van der Waals surface area contributed by atoms with Gasteiger partial charge in [-0.25, -0.2) is 4.98 Å². The van der Waals surface area contributed by atoms with Gasteiger partial charge in [-0.15, -0.1) is 0 Å². The number of imidazole rings is 1. The summed E-state index contributed by atoms with van der Waals surface area (Å²) < 4.78 is 12.3. The number of aryl methyl sites for hydroxylation is 1. The molecule has 1 unspecified atom stereocenters. The average molecular weight is 382 g/mol. The first-order valence-electron chi connectivity index (χ1n) is 8.81. The van der Waals surface area contributed by atoms with Gasteiger partial charge in [-0.1, -0.05) is 18.2 Å². The largest absolute Gasteiger partial charge is 0.496 e. The van der Waals surface area contributed by atoms with Gasteiger partial charge in [-0.2, -0.15) is 0 Å². The summed E-state index contributed by atoms with van der Waals surface area (Å²) in [4.78, 5) is 28.8. The van der Waals surface area contributed by atoms with Gasteiger partial charge in [-0.3, -0.25) is 9.59 Å². The molecule has 0 aliphatic heterocycles. The summed E-state index contributed by atoms with van der Waals surface area (Å²) in [6, 6.07) is 10.2. The zero-order valence-electron chi connectivity index (χ0n) is 15.7. The summed E-state index contributed by atoms with van der Waals surface area (Å²) in [5, 5.41) is 5.64. The molecule has 2 amide bonds. The average Bonchev–Trinajstić information content (AvgIpc) is 3.38. The van der Waals surface area contributed by atoms with Crippen molar-refractivity contribution in [2.75, 3.05) is 13.7 Å². The molecule has 3 aromatic rings. The fourth-order valence-electron chi connectivity index (χ4n) is 2.86. The van der Waals surface area contributed by atoms with E-state index in [4.69, 9.17) is 9.15 Å². The molecule has 8 nitrogen and oxygen atoms in total. The highest BCUT2D eigenvalue weighted by atomic mass is 16.5. The summed E-state index contributed by atoms with van der Waals surface area (Å²) in [7, 11) is 3.45. The lowest BCUT2D eigenvalue weighted by molar-refractivity contribution is -0.121. The van der Waals surface area contributed by atoms with Crippen molar-refractivity contribution >= 4 is 11.8 Å². The van der Waals surface area contributed by atoms with E-state index in [9.17, 15) is 9.59 Å². The van der Waals surface area contributed by atoms with Crippen LogP contribution in [-0.2, 0) is 11.8 Å². The van der Waals surface area contributed by atoms with Crippen molar-refractivity contribution in [3.05, 3.63) is 72.2 Å². The zero-order valence-corrected chi connectivity index (χ0v) is 15.7. The van der Waals surface area contributed by atoms with Crippen LogP contribution in [0.4, 0.5) is 0 Å². The highest BCUT2D eigenvalue weighted by Crippen LogP contribution is 2.29. The maximum atomic E-state index is 12.5.